The van der Waals surface area contributed by atoms with Crippen LogP contribution in [0.5, 0.6) is 0 Å². The van der Waals surface area contributed by atoms with E-state index in [9.17, 15) is 4.79 Å². The lowest BCUT2D eigenvalue weighted by Gasteiger charge is -2.06. The molecule has 1 aromatic carbocycles. The van der Waals surface area contributed by atoms with Gasteiger partial charge in [-0.15, -0.1) is 11.3 Å². The number of nitrogen functional groups attached to an aromatic ring is 1. The number of ether oxygens (including phenoxy) is 1. The highest BCUT2D eigenvalue weighted by Crippen LogP contribution is 2.24. The Morgan fingerprint density at radius 3 is 2.78 bits per heavy atom. The van der Waals surface area contributed by atoms with Crippen molar-refractivity contribution in [1.29, 1.82) is 0 Å². The molecule has 0 saturated heterocycles. The molecule has 0 aliphatic heterocycles. The number of hydrogen-bond acceptors (Lipinski definition) is 4. The summed E-state index contributed by atoms with van der Waals surface area (Å²) in [5.74, 6) is -0.450. The molecule has 0 aliphatic carbocycles. The molecule has 1 heterocycles. The van der Waals surface area contributed by atoms with Crippen LogP contribution in [0.25, 0.3) is 0 Å². The van der Waals surface area contributed by atoms with E-state index in [0.29, 0.717) is 16.3 Å². The molecule has 94 valence electrons. The molecule has 0 bridgehead atoms. The number of hydrogen-bond donors (Lipinski definition) is 1. The van der Waals surface area contributed by atoms with Crippen molar-refractivity contribution in [3.63, 3.8) is 0 Å². The van der Waals surface area contributed by atoms with Crippen molar-refractivity contribution in [3.05, 3.63) is 49.6 Å². The fraction of sp³-hybridized carbons (Fsp3) is 0.0833. The van der Waals surface area contributed by atoms with Crippen LogP contribution in [0.1, 0.15) is 15.2 Å². The fourth-order valence-electron chi connectivity index (χ4n) is 1.36. The summed E-state index contributed by atoms with van der Waals surface area (Å²) in [6.45, 7) is 0.233. The smallest absolute Gasteiger partial charge is 0.340 e. The Bertz CT molecular complexity index is 585. The van der Waals surface area contributed by atoms with Gasteiger partial charge in [0, 0.05) is 15.6 Å². The average molecular weight is 347 g/mol. The third kappa shape index (κ3) is 3.25. The Morgan fingerprint density at radius 1 is 1.39 bits per heavy atom. The zero-order valence-corrected chi connectivity index (χ0v) is 12.3. The Morgan fingerprint density at radius 2 is 2.17 bits per heavy atom. The standard InChI is InChI=1S/C12H9BrClNO2S/c13-11-4-2-8(18-11)6-17-12(16)9-3-1-7(14)5-10(9)15/h1-5H,6,15H2. The van der Waals surface area contributed by atoms with Crippen molar-refractivity contribution in [2.75, 3.05) is 5.73 Å². The van der Waals surface area contributed by atoms with E-state index in [1.807, 2.05) is 12.1 Å². The number of carbonyl (C=O) groups excluding carboxylic acids is 1. The molecule has 0 radical (unpaired) electrons. The van der Waals surface area contributed by atoms with Crippen LogP contribution in [0.3, 0.4) is 0 Å². The zero-order chi connectivity index (χ0) is 13.1. The Kier molecular flexibility index (Phi) is 4.27. The molecule has 0 atom stereocenters. The van der Waals surface area contributed by atoms with E-state index in [1.165, 1.54) is 17.4 Å². The molecule has 0 fully saturated rings. The predicted molar refractivity (Wildman–Crippen MR) is 77.0 cm³/mol. The van der Waals surface area contributed by atoms with Gasteiger partial charge in [-0.2, -0.15) is 0 Å². The molecule has 0 saturated carbocycles. The van der Waals surface area contributed by atoms with Gasteiger partial charge in [0.05, 0.1) is 9.35 Å². The quantitative estimate of drug-likeness (QED) is 0.672. The minimum absolute atomic E-state index is 0.233. The van der Waals surface area contributed by atoms with Gasteiger partial charge in [-0.3, -0.25) is 0 Å². The van der Waals surface area contributed by atoms with E-state index >= 15 is 0 Å². The maximum atomic E-state index is 11.8. The molecule has 6 heteroatoms. The van der Waals surface area contributed by atoms with Gasteiger partial charge in [-0.05, 0) is 46.3 Å². The molecular formula is C12H9BrClNO2S. The number of benzene rings is 1. The number of nitrogens with two attached hydrogens (primary N) is 1. The summed E-state index contributed by atoms with van der Waals surface area (Å²) in [7, 11) is 0. The third-order valence-corrected chi connectivity index (χ3v) is 4.04. The molecular weight excluding hydrogens is 338 g/mol. The lowest BCUT2D eigenvalue weighted by atomic mass is 10.2. The molecule has 3 nitrogen and oxygen atoms in total. The van der Waals surface area contributed by atoms with E-state index in [0.717, 1.165) is 8.66 Å². The normalized spacial score (nSPS) is 10.3. The first kappa shape index (κ1) is 13.4. The Labute approximate surface area is 122 Å². The summed E-state index contributed by atoms with van der Waals surface area (Å²) in [5.41, 5.74) is 6.35. The second-order valence-electron chi connectivity index (χ2n) is 3.51. The van der Waals surface area contributed by atoms with Crippen molar-refractivity contribution < 1.29 is 9.53 Å². The number of anilines is 1. The molecule has 2 rings (SSSR count). The molecule has 0 spiro atoms. The summed E-state index contributed by atoms with van der Waals surface area (Å²) in [4.78, 5) is 12.8. The monoisotopic (exact) mass is 345 g/mol. The molecule has 1 aromatic heterocycles. The molecule has 0 aliphatic rings. The summed E-state index contributed by atoms with van der Waals surface area (Å²) < 4.78 is 6.18. The summed E-state index contributed by atoms with van der Waals surface area (Å²) >= 11 is 10.6. The first-order valence-corrected chi connectivity index (χ1v) is 7.01. The maximum absolute atomic E-state index is 11.8. The average Bonchev–Trinajstić information content (AvgIpc) is 2.72. The zero-order valence-electron chi connectivity index (χ0n) is 9.15. The minimum Gasteiger partial charge on any atom is -0.456 e. The van der Waals surface area contributed by atoms with E-state index in [2.05, 4.69) is 15.9 Å². The lowest BCUT2D eigenvalue weighted by Crippen LogP contribution is -2.07. The highest BCUT2D eigenvalue weighted by atomic mass is 79.9. The molecule has 0 amide bonds. The van der Waals surface area contributed by atoms with Crippen LogP contribution in [0.4, 0.5) is 5.69 Å². The topological polar surface area (TPSA) is 52.3 Å². The van der Waals surface area contributed by atoms with Crippen molar-refractivity contribution in [2.45, 2.75) is 6.61 Å². The molecule has 18 heavy (non-hydrogen) atoms. The van der Waals surface area contributed by atoms with Gasteiger partial charge in [0.2, 0.25) is 0 Å². The van der Waals surface area contributed by atoms with Crippen LogP contribution in [0, 0.1) is 0 Å². The van der Waals surface area contributed by atoms with Crippen LogP contribution in [-0.2, 0) is 11.3 Å². The highest BCUT2D eigenvalue weighted by Gasteiger charge is 2.12. The lowest BCUT2D eigenvalue weighted by molar-refractivity contribution is 0.0478. The SMILES string of the molecule is Nc1cc(Cl)ccc1C(=O)OCc1ccc(Br)s1. The number of carbonyl (C=O) groups is 1. The predicted octanol–water partition coefficient (Wildman–Crippen LogP) is 4.10. The molecule has 2 N–H and O–H groups in total. The van der Waals surface area contributed by atoms with Gasteiger partial charge in [-0.1, -0.05) is 11.6 Å². The van der Waals surface area contributed by atoms with Gasteiger partial charge >= 0.3 is 5.97 Å². The highest BCUT2D eigenvalue weighted by molar-refractivity contribution is 9.11. The van der Waals surface area contributed by atoms with Crippen molar-refractivity contribution in [1.82, 2.24) is 0 Å². The van der Waals surface area contributed by atoms with Gasteiger partial charge in [0.25, 0.3) is 0 Å². The second-order valence-corrected chi connectivity index (χ2v) is 6.50. The van der Waals surface area contributed by atoms with Gasteiger partial charge in [-0.25, -0.2) is 4.79 Å². The van der Waals surface area contributed by atoms with Crippen LogP contribution in [-0.4, -0.2) is 5.97 Å². The van der Waals surface area contributed by atoms with Crippen molar-refractivity contribution in [3.8, 4) is 0 Å². The van der Waals surface area contributed by atoms with Crippen LogP contribution < -0.4 is 5.73 Å². The number of thiophene rings is 1. The molecule has 2 aromatic rings. The third-order valence-electron chi connectivity index (χ3n) is 2.21. The van der Waals surface area contributed by atoms with Crippen molar-refractivity contribution in [2.24, 2.45) is 0 Å². The minimum atomic E-state index is -0.450. The van der Waals surface area contributed by atoms with Crippen LogP contribution in [0.15, 0.2) is 34.1 Å². The summed E-state index contributed by atoms with van der Waals surface area (Å²) in [6.07, 6.45) is 0. The maximum Gasteiger partial charge on any atom is 0.340 e. The first-order valence-electron chi connectivity index (χ1n) is 5.02. The second kappa shape index (κ2) is 5.73. The number of halogens is 2. The van der Waals surface area contributed by atoms with Crippen molar-refractivity contribution >= 4 is 50.5 Å². The van der Waals surface area contributed by atoms with Gasteiger partial charge < -0.3 is 10.5 Å². The molecule has 0 unspecified atom stereocenters. The first-order chi connectivity index (χ1) is 8.56. The fourth-order valence-corrected chi connectivity index (χ4v) is 2.94. The van der Waals surface area contributed by atoms with Gasteiger partial charge in [0.1, 0.15) is 6.61 Å². The van der Waals surface area contributed by atoms with Crippen LogP contribution in [0.2, 0.25) is 5.02 Å². The van der Waals surface area contributed by atoms with E-state index in [1.54, 1.807) is 12.1 Å². The van der Waals surface area contributed by atoms with E-state index in [4.69, 9.17) is 22.1 Å². The summed E-state index contributed by atoms with van der Waals surface area (Å²) in [6, 6.07) is 8.50. The van der Waals surface area contributed by atoms with E-state index in [-0.39, 0.29) is 6.61 Å². The largest absolute Gasteiger partial charge is 0.456 e. The Balaban J connectivity index is 2.03. The summed E-state index contributed by atoms with van der Waals surface area (Å²) in [5, 5.41) is 0.492. The number of rotatable bonds is 3. The van der Waals surface area contributed by atoms with Crippen LogP contribution >= 0.6 is 38.9 Å². The Hall–Kier alpha value is -1.04. The van der Waals surface area contributed by atoms with Gasteiger partial charge in [0.15, 0.2) is 0 Å². The van der Waals surface area contributed by atoms with E-state index < -0.39 is 5.97 Å². The number of esters is 1.